The highest BCUT2D eigenvalue weighted by atomic mass is 35.7. The third-order valence-corrected chi connectivity index (χ3v) is 1.90. The van der Waals surface area contributed by atoms with Gasteiger partial charge in [-0.15, -0.1) is 10.2 Å². The number of nitrogen functional groups attached to an aromatic ring is 1. The van der Waals surface area contributed by atoms with Crippen LogP contribution in [-0.2, 0) is 23.2 Å². The number of esters is 1. The minimum atomic E-state index is -4.94. The Morgan fingerprint density at radius 2 is 1.95 bits per heavy atom. The average molecular weight is 296 g/mol. The molecule has 1 rings (SSSR count). The zero-order chi connectivity index (χ0) is 15.2. The molecule has 0 unspecified atom stereocenters. The standard InChI is InChI=1S/C9H13N3O2.ClHO4/c1-6-11-9(10)8(4-12(6)3)5-14-7(2)13;2-1(3,4)5/h4,10H,5H2,1-3H3;(H,2,3,4,5). The zero-order valence-corrected chi connectivity index (χ0v) is 11.3. The first-order valence-corrected chi connectivity index (χ1v) is 6.11. The quantitative estimate of drug-likeness (QED) is 0.419. The maximum absolute atomic E-state index is 10.6. The molecule has 0 bridgehead atoms. The van der Waals surface area contributed by atoms with Crippen molar-refractivity contribution in [2.45, 2.75) is 20.5 Å². The molecule has 0 aromatic carbocycles. The number of halogens is 1. The molecule has 108 valence electrons. The summed E-state index contributed by atoms with van der Waals surface area (Å²) in [4.78, 5) is 14.7. The van der Waals surface area contributed by atoms with E-state index in [2.05, 4.69) is 4.98 Å². The first kappa shape index (κ1) is 17.5. The van der Waals surface area contributed by atoms with E-state index in [1.165, 1.54) is 6.92 Å². The van der Waals surface area contributed by atoms with Crippen LogP contribution in [0.15, 0.2) is 6.20 Å². The number of carbonyl (C=O) groups excluding carboxylic acids is 1. The smallest absolute Gasteiger partial charge is 0.302 e. The van der Waals surface area contributed by atoms with E-state index in [9.17, 15) is 4.79 Å². The topological polar surface area (TPSA) is 161 Å². The van der Waals surface area contributed by atoms with Crippen molar-refractivity contribution < 1.29 is 43.0 Å². The van der Waals surface area contributed by atoms with E-state index in [1.807, 2.05) is 18.5 Å². The molecule has 0 aliphatic rings. The van der Waals surface area contributed by atoms with E-state index in [1.54, 1.807) is 6.20 Å². The Kier molecular flexibility index (Phi) is 6.59. The first-order valence-electron chi connectivity index (χ1n) is 4.87. The molecule has 0 atom stereocenters. The molecule has 1 heterocycles. The highest BCUT2D eigenvalue weighted by molar-refractivity contribution is 5.66. The van der Waals surface area contributed by atoms with Crippen LogP contribution in [0.1, 0.15) is 18.3 Å². The number of nitrogens with two attached hydrogens (primary N) is 1. The van der Waals surface area contributed by atoms with Crippen LogP contribution in [-0.4, -0.2) is 11.0 Å². The summed E-state index contributed by atoms with van der Waals surface area (Å²) >= 11 is 0. The fourth-order valence-electron chi connectivity index (χ4n) is 1.01. The summed E-state index contributed by atoms with van der Waals surface area (Å²) in [7, 11) is -3.08. The maximum Gasteiger partial charge on any atom is 0.302 e. The van der Waals surface area contributed by atoms with E-state index in [0.29, 0.717) is 11.4 Å². The molecular weight excluding hydrogens is 282 g/mol. The zero-order valence-electron chi connectivity index (χ0n) is 10.6. The van der Waals surface area contributed by atoms with E-state index in [0.717, 1.165) is 5.82 Å². The van der Waals surface area contributed by atoms with Crippen molar-refractivity contribution >= 4 is 11.8 Å². The molecule has 2 N–H and O–H groups in total. The summed E-state index contributed by atoms with van der Waals surface area (Å²) < 4.78 is 40.6. The second kappa shape index (κ2) is 7.16. The van der Waals surface area contributed by atoms with E-state index in [-0.39, 0.29) is 12.6 Å². The van der Waals surface area contributed by atoms with E-state index < -0.39 is 10.2 Å². The Labute approximate surface area is 111 Å². The summed E-state index contributed by atoms with van der Waals surface area (Å²) in [5, 5.41) is 0. The normalized spacial score (nSPS) is 10.5. The lowest BCUT2D eigenvalue weighted by Gasteiger charge is -2.17. The van der Waals surface area contributed by atoms with Gasteiger partial charge in [0.15, 0.2) is 0 Å². The van der Waals surface area contributed by atoms with Gasteiger partial charge in [0.05, 0.1) is 12.6 Å². The van der Waals surface area contributed by atoms with E-state index in [4.69, 9.17) is 29.1 Å². The lowest BCUT2D eigenvalue weighted by molar-refractivity contribution is -2.00. The van der Waals surface area contributed by atoms with Gasteiger partial charge >= 0.3 is 5.97 Å². The van der Waals surface area contributed by atoms with Gasteiger partial charge in [-0.3, -0.25) is 4.79 Å². The highest BCUT2D eigenvalue weighted by Crippen LogP contribution is 2.07. The van der Waals surface area contributed by atoms with Crippen molar-refractivity contribution in [1.82, 2.24) is 4.98 Å². The average Bonchev–Trinajstić information content (AvgIpc) is 2.19. The first-order chi connectivity index (χ1) is 8.50. The van der Waals surface area contributed by atoms with Crippen LogP contribution < -0.4 is 28.9 Å². The lowest BCUT2D eigenvalue weighted by atomic mass is 10.3. The van der Waals surface area contributed by atoms with Gasteiger partial charge in [0.1, 0.15) is 12.8 Å². The minimum absolute atomic E-state index is 0.169. The Bertz CT molecular complexity index is 442. The van der Waals surface area contributed by atoms with Crippen molar-refractivity contribution in [1.29, 1.82) is 0 Å². The SMILES string of the molecule is CC(=O)OCc1c[n+](C)c(C)nc1N.[O-][Cl+3]([O-])([O-])[O-]. The predicted molar refractivity (Wildman–Crippen MR) is 50.0 cm³/mol. The highest BCUT2D eigenvalue weighted by Gasteiger charge is 2.12. The van der Waals surface area contributed by atoms with Gasteiger partial charge in [-0.05, 0) is 4.98 Å². The fraction of sp³-hybridized carbons (Fsp3) is 0.444. The van der Waals surface area contributed by atoms with Crippen molar-refractivity contribution in [3.8, 4) is 0 Å². The largest absolute Gasteiger partial charge is 0.461 e. The van der Waals surface area contributed by atoms with Crippen LogP contribution in [0.5, 0.6) is 0 Å². The summed E-state index contributed by atoms with van der Waals surface area (Å²) in [6.45, 7) is 3.38. The van der Waals surface area contributed by atoms with Gasteiger partial charge in [0.2, 0.25) is 5.82 Å². The number of aromatic nitrogens is 2. The fourth-order valence-corrected chi connectivity index (χ4v) is 1.01. The molecule has 10 heteroatoms. The Morgan fingerprint density at radius 3 is 2.37 bits per heavy atom. The minimum Gasteiger partial charge on any atom is -0.461 e. The third-order valence-electron chi connectivity index (χ3n) is 1.90. The Hall–Kier alpha value is -1.52. The Morgan fingerprint density at radius 1 is 1.47 bits per heavy atom. The van der Waals surface area contributed by atoms with Gasteiger partial charge in [-0.2, -0.15) is 0 Å². The molecule has 0 saturated heterocycles. The van der Waals surface area contributed by atoms with Crippen molar-refractivity contribution in [3.05, 3.63) is 17.6 Å². The second-order valence-corrected chi connectivity index (χ2v) is 4.22. The summed E-state index contributed by atoms with van der Waals surface area (Å²) in [5.74, 6) is 0.892. The number of hydrogen-bond donors (Lipinski definition) is 1. The maximum atomic E-state index is 10.6. The van der Waals surface area contributed by atoms with E-state index >= 15 is 0 Å². The number of aryl methyl sites for hydroxylation is 2. The number of ether oxygens (including phenoxy) is 1. The van der Waals surface area contributed by atoms with Crippen molar-refractivity contribution in [2.24, 2.45) is 7.05 Å². The van der Waals surface area contributed by atoms with Crippen molar-refractivity contribution in [3.63, 3.8) is 0 Å². The number of anilines is 1. The van der Waals surface area contributed by atoms with Crippen molar-refractivity contribution in [2.75, 3.05) is 5.73 Å². The molecule has 0 saturated carbocycles. The molecule has 0 aliphatic heterocycles. The molecule has 1 aromatic rings. The van der Waals surface area contributed by atoms with Gasteiger partial charge in [0.25, 0.3) is 5.82 Å². The molecule has 19 heavy (non-hydrogen) atoms. The van der Waals surface area contributed by atoms with Gasteiger partial charge in [-0.1, -0.05) is 0 Å². The number of rotatable bonds is 2. The van der Waals surface area contributed by atoms with Crippen LogP contribution >= 0.6 is 0 Å². The van der Waals surface area contributed by atoms with Gasteiger partial charge in [-0.25, -0.2) is 23.2 Å². The summed E-state index contributed by atoms with van der Waals surface area (Å²) in [6.07, 6.45) is 1.81. The molecule has 9 nitrogen and oxygen atoms in total. The number of nitrogens with zero attached hydrogens (tertiary/aromatic N) is 2. The molecular formula is C9H14ClN3O6. The molecule has 0 amide bonds. The third kappa shape index (κ3) is 9.11. The summed E-state index contributed by atoms with van der Waals surface area (Å²) in [6, 6.07) is 0. The molecule has 0 spiro atoms. The molecule has 0 fully saturated rings. The van der Waals surface area contributed by atoms with Crippen LogP contribution in [0, 0.1) is 17.2 Å². The number of carbonyl (C=O) groups is 1. The summed E-state index contributed by atoms with van der Waals surface area (Å²) in [5.41, 5.74) is 6.38. The molecule has 0 radical (unpaired) electrons. The number of hydrogen-bond acceptors (Lipinski definition) is 8. The lowest BCUT2D eigenvalue weighted by Crippen LogP contribution is -2.68. The van der Waals surface area contributed by atoms with Crippen LogP contribution in [0.25, 0.3) is 0 Å². The molecule has 0 aliphatic carbocycles. The van der Waals surface area contributed by atoms with Crippen LogP contribution in [0.4, 0.5) is 5.82 Å². The van der Waals surface area contributed by atoms with Gasteiger partial charge in [0, 0.05) is 13.8 Å². The van der Waals surface area contributed by atoms with Crippen LogP contribution in [0.2, 0.25) is 0 Å². The Balaban J connectivity index is 0.000000555. The van der Waals surface area contributed by atoms with Gasteiger partial charge < -0.3 is 10.5 Å². The predicted octanol–water partition coefficient (Wildman–Crippen LogP) is -4.90. The van der Waals surface area contributed by atoms with Crippen LogP contribution in [0.3, 0.4) is 0 Å². The second-order valence-electron chi connectivity index (χ2n) is 3.47. The monoisotopic (exact) mass is 295 g/mol. The molecule has 1 aromatic heterocycles.